The van der Waals surface area contributed by atoms with Gasteiger partial charge in [-0.25, -0.2) is 0 Å². The minimum Gasteiger partial charge on any atom is -0.469 e. The van der Waals surface area contributed by atoms with Gasteiger partial charge in [-0.1, -0.05) is 12.1 Å². The molecule has 2 N–H and O–H groups in total. The van der Waals surface area contributed by atoms with E-state index in [0.29, 0.717) is 6.54 Å². The molecule has 0 bridgehead atoms. The Hall–Kier alpha value is -2.48. The fourth-order valence-corrected chi connectivity index (χ4v) is 3.30. The lowest BCUT2D eigenvalue weighted by molar-refractivity contribution is -0.137. The van der Waals surface area contributed by atoms with Crippen LogP contribution in [0.5, 0.6) is 0 Å². The van der Waals surface area contributed by atoms with E-state index < -0.39 is 11.7 Å². The number of aliphatic imine (C=N–C) groups is 1. The number of nitrogens with zero attached hydrogens (tertiary/aromatic N) is 2. The smallest absolute Gasteiger partial charge is 0.416 e. The summed E-state index contributed by atoms with van der Waals surface area (Å²) in [5.41, 5.74) is 0.274. The maximum atomic E-state index is 12.7. The Bertz CT molecular complexity index is 757. The molecule has 1 saturated heterocycles. The Kier molecular flexibility index (Phi) is 6.61. The summed E-state index contributed by atoms with van der Waals surface area (Å²) in [5.74, 6) is 1.67. The van der Waals surface area contributed by atoms with Crippen LogP contribution in [0.15, 0.2) is 52.1 Å². The molecule has 2 heterocycles. The molecule has 1 aromatic heterocycles. The number of alkyl halides is 3. The maximum Gasteiger partial charge on any atom is 0.416 e. The van der Waals surface area contributed by atoms with E-state index in [9.17, 15) is 13.2 Å². The Morgan fingerprint density at radius 3 is 2.68 bits per heavy atom. The Morgan fingerprint density at radius 1 is 1.25 bits per heavy atom. The van der Waals surface area contributed by atoms with E-state index >= 15 is 0 Å². The van der Waals surface area contributed by atoms with Crippen molar-refractivity contribution in [1.82, 2.24) is 15.5 Å². The van der Waals surface area contributed by atoms with Gasteiger partial charge in [0, 0.05) is 45.7 Å². The minimum absolute atomic E-state index is 0.254. The number of halogens is 3. The highest BCUT2D eigenvalue weighted by atomic mass is 19.4. The summed E-state index contributed by atoms with van der Waals surface area (Å²) >= 11 is 0. The van der Waals surface area contributed by atoms with Crippen molar-refractivity contribution in [2.45, 2.75) is 31.6 Å². The van der Waals surface area contributed by atoms with Crippen molar-refractivity contribution in [2.24, 2.45) is 4.99 Å². The first-order chi connectivity index (χ1) is 13.4. The summed E-state index contributed by atoms with van der Waals surface area (Å²) in [6.45, 7) is 3.07. The number of hydrogen-bond donors (Lipinski definition) is 2. The number of hydrogen-bond acceptors (Lipinski definition) is 3. The third-order valence-corrected chi connectivity index (χ3v) is 4.77. The molecule has 1 atom stereocenters. The molecule has 2 aromatic rings. The second-order valence-electron chi connectivity index (χ2n) is 6.89. The predicted molar refractivity (Wildman–Crippen MR) is 102 cm³/mol. The number of nitrogens with one attached hydrogen (secondary N) is 2. The third-order valence-electron chi connectivity index (χ3n) is 4.77. The van der Waals surface area contributed by atoms with E-state index in [1.54, 1.807) is 25.4 Å². The van der Waals surface area contributed by atoms with Crippen molar-refractivity contribution >= 4 is 5.96 Å². The number of rotatable bonds is 6. The average Bonchev–Trinajstić information content (AvgIpc) is 3.33. The van der Waals surface area contributed by atoms with Crippen molar-refractivity contribution in [3.05, 3.63) is 59.5 Å². The zero-order valence-corrected chi connectivity index (χ0v) is 15.8. The summed E-state index contributed by atoms with van der Waals surface area (Å²) < 4.78 is 43.3. The van der Waals surface area contributed by atoms with Gasteiger partial charge >= 0.3 is 6.18 Å². The second-order valence-corrected chi connectivity index (χ2v) is 6.89. The molecule has 0 radical (unpaired) electrons. The van der Waals surface area contributed by atoms with Crippen LogP contribution in [0, 0.1) is 0 Å². The van der Waals surface area contributed by atoms with Crippen LogP contribution < -0.4 is 10.6 Å². The van der Waals surface area contributed by atoms with E-state index in [2.05, 4.69) is 20.5 Å². The van der Waals surface area contributed by atoms with Crippen LogP contribution in [0.25, 0.3) is 0 Å². The van der Waals surface area contributed by atoms with Crippen LogP contribution >= 0.6 is 0 Å². The summed E-state index contributed by atoms with van der Waals surface area (Å²) in [7, 11) is 1.73. The summed E-state index contributed by atoms with van der Waals surface area (Å²) in [6, 6.07) is 9.46. The Balaban J connectivity index is 1.42. The SMILES string of the molecule is CN=C(NCCc1ccco1)NC1CCN(Cc2ccc(C(F)(F)F)cc2)C1. The lowest BCUT2D eigenvalue weighted by atomic mass is 10.1. The molecule has 0 aliphatic carbocycles. The molecule has 1 fully saturated rings. The molecule has 0 saturated carbocycles. The molecule has 1 aliphatic rings. The molecule has 0 spiro atoms. The van der Waals surface area contributed by atoms with Crippen molar-refractivity contribution in [3.8, 4) is 0 Å². The van der Waals surface area contributed by atoms with E-state index in [1.807, 2.05) is 12.1 Å². The van der Waals surface area contributed by atoms with Crippen molar-refractivity contribution in [2.75, 3.05) is 26.7 Å². The average molecular weight is 394 g/mol. The molecule has 1 aliphatic heterocycles. The fourth-order valence-electron chi connectivity index (χ4n) is 3.30. The lowest BCUT2D eigenvalue weighted by Gasteiger charge is -2.19. The van der Waals surface area contributed by atoms with Crippen LogP contribution in [0.4, 0.5) is 13.2 Å². The first kappa shape index (κ1) is 20.3. The fraction of sp³-hybridized carbons (Fsp3) is 0.450. The summed E-state index contributed by atoms with van der Waals surface area (Å²) in [4.78, 5) is 6.48. The number of guanidine groups is 1. The largest absolute Gasteiger partial charge is 0.469 e. The van der Waals surface area contributed by atoms with E-state index in [0.717, 1.165) is 61.9 Å². The highest BCUT2D eigenvalue weighted by Crippen LogP contribution is 2.29. The summed E-state index contributed by atoms with van der Waals surface area (Å²) in [6.07, 6.45) is -0.898. The third kappa shape index (κ3) is 5.76. The zero-order valence-electron chi connectivity index (χ0n) is 15.8. The second kappa shape index (κ2) is 9.14. The normalized spacial score (nSPS) is 18.4. The lowest BCUT2D eigenvalue weighted by Crippen LogP contribution is -2.45. The van der Waals surface area contributed by atoms with E-state index in [4.69, 9.17) is 4.42 Å². The molecule has 0 amide bonds. The Labute approximate surface area is 162 Å². The van der Waals surface area contributed by atoms with Crippen LogP contribution in [0.3, 0.4) is 0 Å². The van der Waals surface area contributed by atoms with Gasteiger partial charge in [-0.15, -0.1) is 0 Å². The standard InChI is InChI=1S/C20H25F3N4O/c1-24-19(25-10-8-18-3-2-12-28-18)26-17-9-11-27(14-17)13-15-4-6-16(7-5-15)20(21,22)23/h2-7,12,17H,8-11,13-14H2,1H3,(H2,24,25,26). The summed E-state index contributed by atoms with van der Waals surface area (Å²) in [5, 5.41) is 6.68. The predicted octanol–water partition coefficient (Wildman–Crippen LogP) is 3.28. The molecule has 1 unspecified atom stereocenters. The highest BCUT2D eigenvalue weighted by Gasteiger charge is 2.30. The molecule has 152 valence electrons. The number of likely N-dealkylation sites (tertiary alicyclic amines) is 1. The van der Waals surface area contributed by atoms with Gasteiger partial charge in [-0.3, -0.25) is 9.89 Å². The van der Waals surface area contributed by atoms with Gasteiger partial charge in [-0.05, 0) is 36.2 Å². The Morgan fingerprint density at radius 2 is 2.04 bits per heavy atom. The van der Waals surface area contributed by atoms with Crippen LogP contribution in [-0.4, -0.2) is 43.6 Å². The number of furan rings is 1. The van der Waals surface area contributed by atoms with Crippen molar-refractivity contribution in [3.63, 3.8) is 0 Å². The van der Waals surface area contributed by atoms with Crippen LogP contribution in [-0.2, 0) is 19.1 Å². The van der Waals surface area contributed by atoms with Gasteiger partial charge in [-0.2, -0.15) is 13.2 Å². The number of benzene rings is 1. The zero-order chi connectivity index (χ0) is 20.0. The minimum atomic E-state index is -4.29. The molecular weight excluding hydrogens is 369 g/mol. The molecule has 8 heteroatoms. The topological polar surface area (TPSA) is 52.8 Å². The molecule has 3 rings (SSSR count). The van der Waals surface area contributed by atoms with E-state index in [1.165, 1.54) is 0 Å². The first-order valence-corrected chi connectivity index (χ1v) is 9.32. The van der Waals surface area contributed by atoms with Crippen LogP contribution in [0.2, 0.25) is 0 Å². The first-order valence-electron chi connectivity index (χ1n) is 9.32. The van der Waals surface area contributed by atoms with Gasteiger partial charge < -0.3 is 15.1 Å². The molecule has 28 heavy (non-hydrogen) atoms. The van der Waals surface area contributed by atoms with Crippen molar-refractivity contribution < 1.29 is 17.6 Å². The molecule has 1 aromatic carbocycles. The van der Waals surface area contributed by atoms with Gasteiger partial charge in [0.1, 0.15) is 5.76 Å². The van der Waals surface area contributed by atoms with E-state index in [-0.39, 0.29) is 6.04 Å². The highest BCUT2D eigenvalue weighted by molar-refractivity contribution is 5.80. The van der Waals surface area contributed by atoms with Gasteiger partial charge in [0.2, 0.25) is 0 Å². The van der Waals surface area contributed by atoms with Gasteiger partial charge in [0.25, 0.3) is 0 Å². The quantitative estimate of drug-likeness (QED) is 0.583. The van der Waals surface area contributed by atoms with Crippen LogP contribution in [0.1, 0.15) is 23.3 Å². The monoisotopic (exact) mass is 394 g/mol. The van der Waals surface area contributed by atoms with Gasteiger partial charge in [0.05, 0.1) is 11.8 Å². The molecular formula is C20H25F3N4O. The maximum absolute atomic E-state index is 12.7. The van der Waals surface area contributed by atoms with Gasteiger partial charge in [0.15, 0.2) is 5.96 Å². The molecule has 5 nitrogen and oxygen atoms in total. The van der Waals surface area contributed by atoms with Crippen molar-refractivity contribution in [1.29, 1.82) is 0 Å².